The molecule has 3 N–H and O–H groups in total. The molecule has 0 unspecified atom stereocenters. The van der Waals surface area contributed by atoms with E-state index in [1.807, 2.05) is 24.3 Å². The summed E-state index contributed by atoms with van der Waals surface area (Å²) in [5, 5.41) is 3.35. The third kappa shape index (κ3) is 1.77. The van der Waals surface area contributed by atoms with Crippen LogP contribution in [0.25, 0.3) is 10.6 Å². The van der Waals surface area contributed by atoms with Crippen LogP contribution < -0.4 is 10.7 Å². The van der Waals surface area contributed by atoms with Gasteiger partial charge in [0.15, 0.2) is 5.69 Å². The number of nitrogens with two attached hydrogens (primary N) is 1. The predicted molar refractivity (Wildman–Crippen MR) is 60.1 cm³/mol. The zero-order chi connectivity index (χ0) is 9.97. The largest absolute Gasteiger partial charge is 0.399 e. The maximum atomic E-state index is 5.63. The Hall–Kier alpha value is -1.35. The van der Waals surface area contributed by atoms with E-state index in [1.165, 1.54) is 16.3 Å². The molecule has 0 aliphatic rings. The minimum Gasteiger partial charge on any atom is -0.399 e. The number of benzene rings is 1. The van der Waals surface area contributed by atoms with Gasteiger partial charge in [-0.3, -0.25) is 0 Å². The molecule has 0 fully saturated rings. The second kappa shape index (κ2) is 3.80. The fourth-order valence-electron chi connectivity index (χ4n) is 1.28. The number of aromatic nitrogens is 1. The number of H-pyrrole nitrogens is 1. The van der Waals surface area contributed by atoms with Crippen molar-refractivity contribution >= 4 is 17.0 Å². The molecule has 0 atom stereocenters. The Morgan fingerprint density at radius 1 is 1.29 bits per heavy atom. The standard InChI is InChI=1S/C11H12N2S/c1-2-10-7-14-11(13-10)8-3-5-9(12)6-4-8/h3-7H,2,12H2,1H3/p+1. The number of nitrogens with one attached hydrogen (secondary N) is 1. The highest BCUT2D eigenvalue weighted by Gasteiger charge is 2.09. The fourth-order valence-corrected chi connectivity index (χ4v) is 2.23. The van der Waals surface area contributed by atoms with Crippen LogP contribution in [-0.4, -0.2) is 0 Å². The van der Waals surface area contributed by atoms with Crippen LogP contribution in [0.5, 0.6) is 0 Å². The molecule has 0 radical (unpaired) electrons. The summed E-state index contributed by atoms with van der Waals surface area (Å²) in [4.78, 5) is 3.38. The number of nitrogen functional groups attached to an aromatic ring is 1. The molecular weight excluding hydrogens is 192 g/mol. The molecule has 0 saturated heterocycles. The van der Waals surface area contributed by atoms with E-state index in [2.05, 4.69) is 17.3 Å². The van der Waals surface area contributed by atoms with Gasteiger partial charge in [0.05, 0.1) is 10.9 Å². The number of aryl methyl sites for hydroxylation is 1. The summed E-state index contributed by atoms with van der Waals surface area (Å²) in [6.07, 6.45) is 1.05. The van der Waals surface area contributed by atoms with E-state index in [0.717, 1.165) is 12.1 Å². The summed E-state index contributed by atoms with van der Waals surface area (Å²) in [5.41, 5.74) is 8.91. The third-order valence-electron chi connectivity index (χ3n) is 2.15. The van der Waals surface area contributed by atoms with Gasteiger partial charge in [0.25, 0.3) is 5.01 Å². The van der Waals surface area contributed by atoms with Gasteiger partial charge in [-0.1, -0.05) is 18.3 Å². The highest BCUT2D eigenvalue weighted by atomic mass is 32.1. The normalized spacial score (nSPS) is 10.4. The van der Waals surface area contributed by atoms with Crippen LogP contribution in [0.1, 0.15) is 12.6 Å². The lowest BCUT2D eigenvalue weighted by atomic mass is 10.2. The van der Waals surface area contributed by atoms with Gasteiger partial charge in [-0.25, -0.2) is 0 Å². The maximum absolute atomic E-state index is 5.63. The zero-order valence-corrected chi connectivity index (χ0v) is 8.90. The van der Waals surface area contributed by atoms with Crippen molar-refractivity contribution in [1.29, 1.82) is 0 Å². The Morgan fingerprint density at radius 3 is 2.57 bits per heavy atom. The van der Waals surface area contributed by atoms with Crippen LogP contribution in [0.15, 0.2) is 29.6 Å². The highest BCUT2D eigenvalue weighted by molar-refractivity contribution is 7.12. The van der Waals surface area contributed by atoms with Crippen molar-refractivity contribution in [3.8, 4) is 10.6 Å². The monoisotopic (exact) mass is 205 g/mol. The lowest BCUT2D eigenvalue weighted by molar-refractivity contribution is -0.370. The van der Waals surface area contributed by atoms with Gasteiger partial charge >= 0.3 is 0 Å². The van der Waals surface area contributed by atoms with E-state index in [0.29, 0.717) is 0 Å². The summed E-state index contributed by atoms with van der Waals surface area (Å²) in [5.74, 6) is 0. The van der Waals surface area contributed by atoms with Crippen LogP contribution in [-0.2, 0) is 6.42 Å². The molecule has 14 heavy (non-hydrogen) atoms. The average Bonchev–Trinajstić information content (AvgIpc) is 2.67. The molecule has 0 bridgehead atoms. The number of rotatable bonds is 2. The highest BCUT2D eigenvalue weighted by Crippen LogP contribution is 2.21. The van der Waals surface area contributed by atoms with Gasteiger partial charge in [-0.05, 0) is 24.3 Å². The second-order valence-electron chi connectivity index (χ2n) is 3.19. The first-order valence-electron chi connectivity index (χ1n) is 4.65. The van der Waals surface area contributed by atoms with Gasteiger partial charge < -0.3 is 5.73 Å². The Labute approximate surface area is 87.4 Å². The third-order valence-corrected chi connectivity index (χ3v) is 3.12. The molecule has 2 nitrogen and oxygen atoms in total. The molecular formula is C11H13N2S+. The van der Waals surface area contributed by atoms with Crippen molar-refractivity contribution in [2.24, 2.45) is 0 Å². The number of aromatic amines is 1. The van der Waals surface area contributed by atoms with Crippen LogP contribution in [0.4, 0.5) is 5.69 Å². The quantitative estimate of drug-likeness (QED) is 0.751. The molecule has 1 heterocycles. The summed E-state index contributed by atoms with van der Waals surface area (Å²) in [6, 6.07) is 7.93. The van der Waals surface area contributed by atoms with E-state index in [4.69, 9.17) is 5.73 Å². The van der Waals surface area contributed by atoms with Gasteiger partial charge in [-0.15, -0.1) is 0 Å². The molecule has 2 rings (SSSR count). The van der Waals surface area contributed by atoms with E-state index < -0.39 is 0 Å². The number of anilines is 1. The lowest BCUT2D eigenvalue weighted by Crippen LogP contribution is -2.06. The maximum Gasteiger partial charge on any atom is 0.267 e. The van der Waals surface area contributed by atoms with Gasteiger partial charge in [0.2, 0.25) is 0 Å². The van der Waals surface area contributed by atoms with Crippen molar-refractivity contribution in [3.05, 3.63) is 35.3 Å². The van der Waals surface area contributed by atoms with Crippen molar-refractivity contribution in [2.45, 2.75) is 13.3 Å². The summed E-state index contributed by atoms with van der Waals surface area (Å²) in [7, 11) is 0. The molecule has 3 heteroatoms. The van der Waals surface area contributed by atoms with Gasteiger partial charge in [-0.2, -0.15) is 4.98 Å². The zero-order valence-electron chi connectivity index (χ0n) is 8.08. The first-order chi connectivity index (χ1) is 6.79. The van der Waals surface area contributed by atoms with E-state index >= 15 is 0 Å². The van der Waals surface area contributed by atoms with E-state index in [9.17, 15) is 0 Å². The topological polar surface area (TPSA) is 40.2 Å². The summed E-state index contributed by atoms with van der Waals surface area (Å²) >= 11 is 1.74. The summed E-state index contributed by atoms with van der Waals surface area (Å²) < 4.78 is 0. The molecule has 0 aliphatic carbocycles. The molecule has 2 aromatic rings. The molecule has 0 spiro atoms. The Bertz CT molecular complexity index is 417. The number of thiazole rings is 1. The minimum absolute atomic E-state index is 0.807. The Morgan fingerprint density at radius 2 is 2.00 bits per heavy atom. The molecule has 0 saturated carbocycles. The van der Waals surface area contributed by atoms with E-state index in [-0.39, 0.29) is 0 Å². The van der Waals surface area contributed by atoms with Crippen molar-refractivity contribution < 1.29 is 4.98 Å². The average molecular weight is 205 g/mol. The van der Waals surface area contributed by atoms with E-state index in [1.54, 1.807) is 11.3 Å². The fraction of sp³-hybridized carbons (Fsp3) is 0.182. The number of hydrogen-bond donors (Lipinski definition) is 1. The first-order valence-corrected chi connectivity index (χ1v) is 5.53. The van der Waals surface area contributed by atoms with Gasteiger partial charge in [0, 0.05) is 12.1 Å². The SMILES string of the molecule is CCc1csc(-c2ccc(N)cc2)[nH+]1. The van der Waals surface area contributed by atoms with Crippen LogP contribution in [0.3, 0.4) is 0 Å². The molecule has 1 aromatic heterocycles. The smallest absolute Gasteiger partial charge is 0.267 e. The van der Waals surface area contributed by atoms with Crippen LogP contribution in [0.2, 0.25) is 0 Å². The molecule has 0 amide bonds. The molecule has 72 valence electrons. The molecule has 0 aliphatic heterocycles. The number of hydrogen-bond acceptors (Lipinski definition) is 2. The second-order valence-corrected chi connectivity index (χ2v) is 4.07. The van der Waals surface area contributed by atoms with Gasteiger partial charge in [0.1, 0.15) is 0 Å². The van der Waals surface area contributed by atoms with Crippen LogP contribution in [0, 0.1) is 0 Å². The van der Waals surface area contributed by atoms with Crippen molar-refractivity contribution in [1.82, 2.24) is 0 Å². The Balaban J connectivity index is 2.34. The van der Waals surface area contributed by atoms with Crippen LogP contribution >= 0.6 is 11.3 Å². The lowest BCUT2D eigenvalue weighted by Gasteiger charge is -1.92. The molecule has 1 aromatic carbocycles. The summed E-state index contributed by atoms with van der Waals surface area (Å²) in [6.45, 7) is 2.14. The Kier molecular flexibility index (Phi) is 2.50. The first kappa shape index (κ1) is 9.21. The van der Waals surface area contributed by atoms with Crippen molar-refractivity contribution in [3.63, 3.8) is 0 Å². The predicted octanol–water partition coefficient (Wildman–Crippen LogP) is 2.37. The van der Waals surface area contributed by atoms with Crippen molar-refractivity contribution in [2.75, 3.05) is 5.73 Å². The minimum atomic E-state index is 0.807.